The fourth-order valence-corrected chi connectivity index (χ4v) is 10.8. The summed E-state index contributed by atoms with van der Waals surface area (Å²) in [4.78, 5) is 0. The Hall–Kier alpha value is -8.20. The van der Waals surface area contributed by atoms with E-state index in [1.165, 1.54) is 99.3 Å². The van der Waals surface area contributed by atoms with Gasteiger partial charge in [-0.05, 0) is 106 Å². The summed E-state index contributed by atoms with van der Waals surface area (Å²) in [6.07, 6.45) is 8.25. The van der Waals surface area contributed by atoms with Gasteiger partial charge in [0.25, 0.3) is 0 Å². The topological polar surface area (TPSA) is 9.86 Å². The van der Waals surface area contributed by atoms with Gasteiger partial charge in [-0.3, -0.25) is 0 Å². The molecule has 12 rings (SSSR count). The minimum atomic E-state index is -0.506. The normalized spacial score (nSPS) is 13.3. The van der Waals surface area contributed by atoms with E-state index in [0.717, 1.165) is 11.4 Å². The molecule has 9 aromatic carbocycles. The van der Waals surface area contributed by atoms with Crippen molar-refractivity contribution < 1.29 is 0 Å². The molecule has 2 aromatic heterocycles. The van der Waals surface area contributed by atoms with Crippen molar-refractivity contribution in [1.29, 1.82) is 0 Å². The monoisotopic (exact) mass is 816 g/mol. The van der Waals surface area contributed by atoms with Crippen molar-refractivity contribution in [2.75, 3.05) is 0 Å². The van der Waals surface area contributed by atoms with Crippen molar-refractivity contribution >= 4 is 43.6 Å². The lowest BCUT2D eigenvalue weighted by atomic mass is 9.67. The lowest BCUT2D eigenvalue weighted by molar-refractivity contribution is 0.748. The van der Waals surface area contributed by atoms with E-state index in [9.17, 15) is 0 Å². The highest BCUT2D eigenvalue weighted by Gasteiger charge is 2.45. The van der Waals surface area contributed by atoms with E-state index in [2.05, 4.69) is 247 Å². The number of hydrogen-bond donors (Lipinski definition) is 0. The van der Waals surface area contributed by atoms with Crippen molar-refractivity contribution in [2.24, 2.45) is 0 Å². The lowest BCUT2D eigenvalue weighted by Gasteiger charge is -2.34. The Morgan fingerprint density at radius 2 is 0.969 bits per heavy atom. The van der Waals surface area contributed by atoms with Gasteiger partial charge in [0.15, 0.2) is 0 Å². The SMILES string of the molecule is C=C/C=C\C=C(/C)C1(c2ccc3c(c2)c2cc(-c4cccc5c6ccccc6n(-c6ccc(-c7ccccc7)cc6)c45)ccc2n3-c2ccccc2)c2ccccc2-c2ccccc21. The van der Waals surface area contributed by atoms with Crippen LogP contribution in [0.4, 0.5) is 0 Å². The van der Waals surface area contributed by atoms with Gasteiger partial charge in [-0.1, -0.05) is 194 Å². The maximum absolute atomic E-state index is 3.96. The van der Waals surface area contributed by atoms with Crippen molar-refractivity contribution in [3.05, 3.63) is 265 Å². The number of nitrogens with zero attached hydrogens (tertiary/aromatic N) is 2. The van der Waals surface area contributed by atoms with Gasteiger partial charge in [0.05, 0.1) is 27.5 Å². The molecule has 0 unspecified atom stereocenters. The molecule has 0 radical (unpaired) electrons. The molecule has 2 nitrogen and oxygen atoms in total. The molecular formula is C62H44N2. The summed E-state index contributed by atoms with van der Waals surface area (Å²) in [7, 11) is 0. The van der Waals surface area contributed by atoms with Gasteiger partial charge in [-0.25, -0.2) is 0 Å². The van der Waals surface area contributed by atoms with Gasteiger partial charge in [0, 0.05) is 38.5 Å². The molecule has 11 aromatic rings. The number of allylic oxidation sites excluding steroid dienone is 5. The Morgan fingerprint density at radius 1 is 0.422 bits per heavy atom. The average Bonchev–Trinajstić information content (AvgIpc) is 3.99. The predicted octanol–water partition coefficient (Wildman–Crippen LogP) is 16.2. The summed E-state index contributed by atoms with van der Waals surface area (Å²) in [5, 5.41) is 4.92. The molecule has 64 heavy (non-hydrogen) atoms. The average molecular weight is 817 g/mol. The smallest absolute Gasteiger partial charge is 0.0674 e. The zero-order valence-corrected chi connectivity index (χ0v) is 35.6. The molecule has 2 heteroatoms. The van der Waals surface area contributed by atoms with Gasteiger partial charge in [0.1, 0.15) is 0 Å². The van der Waals surface area contributed by atoms with E-state index in [-0.39, 0.29) is 0 Å². The summed E-state index contributed by atoms with van der Waals surface area (Å²) in [6.45, 7) is 6.25. The number of aromatic nitrogens is 2. The van der Waals surface area contributed by atoms with E-state index in [1.807, 2.05) is 12.2 Å². The molecule has 0 saturated heterocycles. The van der Waals surface area contributed by atoms with Gasteiger partial charge >= 0.3 is 0 Å². The van der Waals surface area contributed by atoms with Crippen LogP contribution in [0.1, 0.15) is 23.6 Å². The highest BCUT2D eigenvalue weighted by molar-refractivity contribution is 6.16. The first-order valence-corrected chi connectivity index (χ1v) is 22.1. The fourth-order valence-electron chi connectivity index (χ4n) is 10.8. The number of para-hydroxylation sites is 3. The summed E-state index contributed by atoms with van der Waals surface area (Å²) >= 11 is 0. The second-order valence-corrected chi connectivity index (χ2v) is 16.9. The molecule has 1 aliphatic rings. The molecule has 0 spiro atoms. The van der Waals surface area contributed by atoms with E-state index >= 15 is 0 Å². The van der Waals surface area contributed by atoms with Crippen LogP contribution in [0, 0.1) is 0 Å². The fraction of sp³-hybridized carbons (Fsp3) is 0.0323. The minimum Gasteiger partial charge on any atom is -0.309 e. The van der Waals surface area contributed by atoms with Crippen molar-refractivity contribution in [2.45, 2.75) is 12.3 Å². The van der Waals surface area contributed by atoms with Crippen LogP contribution < -0.4 is 0 Å². The van der Waals surface area contributed by atoms with E-state index in [0.29, 0.717) is 0 Å². The van der Waals surface area contributed by atoms with Crippen molar-refractivity contribution in [3.8, 4) is 44.8 Å². The predicted molar refractivity (Wildman–Crippen MR) is 271 cm³/mol. The number of hydrogen-bond acceptors (Lipinski definition) is 0. The lowest BCUT2D eigenvalue weighted by Crippen LogP contribution is -2.28. The Kier molecular flexibility index (Phi) is 8.81. The van der Waals surface area contributed by atoms with Crippen LogP contribution in [0.3, 0.4) is 0 Å². The largest absolute Gasteiger partial charge is 0.309 e. The van der Waals surface area contributed by atoms with Crippen LogP contribution in [0.5, 0.6) is 0 Å². The molecule has 0 saturated carbocycles. The van der Waals surface area contributed by atoms with Crippen LogP contribution in [-0.4, -0.2) is 9.13 Å². The van der Waals surface area contributed by atoms with Crippen molar-refractivity contribution in [3.63, 3.8) is 0 Å². The molecular weight excluding hydrogens is 773 g/mol. The second-order valence-electron chi connectivity index (χ2n) is 16.9. The summed E-state index contributed by atoms with van der Waals surface area (Å²) < 4.78 is 4.89. The molecule has 0 fully saturated rings. The Balaban J connectivity index is 1.12. The quantitative estimate of drug-likeness (QED) is 0.135. The summed E-state index contributed by atoms with van der Waals surface area (Å²) in [5.41, 5.74) is 19.0. The van der Waals surface area contributed by atoms with Crippen LogP contribution in [-0.2, 0) is 5.41 Å². The highest BCUT2D eigenvalue weighted by atomic mass is 15.0. The van der Waals surface area contributed by atoms with Gasteiger partial charge in [-0.15, -0.1) is 0 Å². The first-order valence-electron chi connectivity index (χ1n) is 22.1. The molecule has 0 amide bonds. The molecule has 302 valence electrons. The Morgan fingerprint density at radius 3 is 1.70 bits per heavy atom. The zero-order valence-electron chi connectivity index (χ0n) is 35.6. The van der Waals surface area contributed by atoms with E-state index < -0.39 is 5.41 Å². The van der Waals surface area contributed by atoms with Gasteiger partial charge in [-0.2, -0.15) is 0 Å². The van der Waals surface area contributed by atoms with Crippen LogP contribution in [0.15, 0.2) is 249 Å². The number of benzene rings is 9. The highest BCUT2D eigenvalue weighted by Crippen LogP contribution is 2.57. The molecule has 1 aliphatic carbocycles. The molecule has 0 aliphatic heterocycles. The summed E-state index contributed by atoms with van der Waals surface area (Å²) in [5.74, 6) is 0. The Bertz CT molecular complexity index is 3630. The second kappa shape index (κ2) is 15.0. The maximum Gasteiger partial charge on any atom is 0.0674 e. The third-order valence-corrected chi connectivity index (χ3v) is 13.6. The molecule has 0 N–H and O–H groups in total. The van der Waals surface area contributed by atoms with E-state index in [1.54, 1.807) is 0 Å². The molecule has 0 atom stereocenters. The minimum absolute atomic E-state index is 0.506. The number of fused-ring (bicyclic) bond motifs is 9. The summed E-state index contributed by atoms with van der Waals surface area (Å²) in [6, 6.07) is 78.3. The van der Waals surface area contributed by atoms with Crippen LogP contribution in [0.2, 0.25) is 0 Å². The van der Waals surface area contributed by atoms with Gasteiger partial charge < -0.3 is 9.13 Å². The first-order chi connectivity index (χ1) is 31.6. The third kappa shape index (κ3) is 5.59. The van der Waals surface area contributed by atoms with Crippen LogP contribution in [0.25, 0.3) is 88.4 Å². The zero-order chi connectivity index (χ0) is 42.8. The van der Waals surface area contributed by atoms with Crippen molar-refractivity contribution in [1.82, 2.24) is 9.13 Å². The standard InChI is InChI=1S/C62H44N2/c1-3-4-7-19-42(2)62(56-29-15-12-24-50(56)51-25-13-16-30-57(51)62)46-35-39-60-55(41-46)54-40-45(34-38-59(54)63(60)47-22-10-6-11-23-47)49-27-18-28-53-52-26-14-17-31-58(52)64(61(49)53)48-36-32-44(33-37-48)43-20-8-5-9-21-43/h3-41H,1H2,2H3/b7-4-,42-19+. The van der Waals surface area contributed by atoms with E-state index in [4.69, 9.17) is 0 Å². The Labute approximate surface area is 373 Å². The molecule has 0 bridgehead atoms. The van der Waals surface area contributed by atoms with Crippen LogP contribution >= 0.6 is 0 Å². The van der Waals surface area contributed by atoms with Gasteiger partial charge in [0.2, 0.25) is 0 Å². The molecule has 2 heterocycles. The maximum atomic E-state index is 3.96. The number of rotatable bonds is 8. The third-order valence-electron chi connectivity index (χ3n) is 13.6. The first kappa shape index (κ1) is 37.6.